The van der Waals surface area contributed by atoms with Gasteiger partial charge in [-0.3, -0.25) is 9.59 Å². The van der Waals surface area contributed by atoms with Crippen molar-refractivity contribution in [1.29, 1.82) is 0 Å². The first-order valence-electron chi connectivity index (χ1n) is 8.24. The van der Waals surface area contributed by atoms with Gasteiger partial charge >= 0.3 is 0 Å². The van der Waals surface area contributed by atoms with Crippen LogP contribution in [0, 0.1) is 0 Å². The van der Waals surface area contributed by atoms with Crippen LogP contribution in [0.2, 0.25) is 0 Å². The third-order valence-corrected chi connectivity index (χ3v) is 3.34. The highest BCUT2D eigenvalue weighted by molar-refractivity contribution is 5.96. The van der Waals surface area contributed by atoms with Crippen LogP contribution in [-0.2, 0) is 4.79 Å². The van der Waals surface area contributed by atoms with Gasteiger partial charge < -0.3 is 19.7 Å². The molecule has 0 fully saturated rings. The third-order valence-electron chi connectivity index (χ3n) is 3.34. The second kappa shape index (κ2) is 9.80. The number of benzene rings is 1. The summed E-state index contributed by atoms with van der Waals surface area (Å²) in [6.45, 7) is 6.46. The summed E-state index contributed by atoms with van der Waals surface area (Å²) in [6.07, 6.45) is 2.00. The number of rotatable bonds is 9. The lowest BCUT2D eigenvalue weighted by Gasteiger charge is -2.19. The van der Waals surface area contributed by atoms with E-state index in [-0.39, 0.29) is 24.4 Å². The summed E-state index contributed by atoms with van der Waals surface area (Å²) in [5, 5.41) is 2.76. The summed E-state index contributed by atoms with van der Waals surface area (Å²) in [7, 11) is 3.14. The van der Waals surface area contributed by atoms with Crippen LogP contribution in [0.1, 0.15) is 44.0 Å². The third kappa shape index (κ3) is 6.10. The van der Waals surface area contributed by atoms with Crippen molar-refractivity contribution >= 4 is 11.8 Å². The number of amides is 2. The second-order valence-electron chi connectivity index (χ2n) is 5.95. The minimum Gasteiger partial charge on any atom is -0.493 e. The molecule has 2 amide bonds. The Labute approximate surface area is 144 Å². The molecular weight excluding hydrogens is 308 g/mol. The van der Waals surface area contributed by atoms with E-state index in [1.54, 1.807) is 25.2 Å². The Morgan fingerprint density at radius 1 is 1.25 bits per heavy atom. The highest BCUT2D eigenvalue weighted by atomic mass is 16.5. The van der Waals surface area contributed by atoms with Gasteiger partial charge in [-0.05, 0) is 38.5 Å². The Kier molecular flexibility index (Phi) is 8.09. The molecule has 0 spiro atoms. The smallest absolute Gasteiger partial charge is 0.254 e. The highest BCUT2D eigenvalue weighted by Crippen LogP contribution is 2.28. The molecule has 0 unspecified atom stereocenters. The number of nitrogens with zero attached hydrogens (tertiary/aromatic N) is 1. The van der Waals surface area contributed by atoms with E-state index < -0.39 is 0 Å². The topological polar surface area (TPSA) is 67.9 Å². The van der Waals surface area contributed by atoms with Gasteiger partial charge in [-0.15, -0.1) is 0 Å². The Morgan fingerprint density at radius 3 is 2.54 bits per heavy atom. The van der Waals surface area contributed by atoms with E-state index in [2.05, 4.69) is 12.2 Å². The minimum atomic E-state index is -0.243. The van der Waals surface area contributed by atoms with Crippen LogP contribution >= 0.6 is 0 Å². The lowest BCUT2D eigenvalue weighted by Crippen LogP contribution is -2.40. The SMILES string of the molecule is CCCCOc1ccc(C(=O)N(C)CC(=O)NC(C)C)cc1OC. The van der Waals surface area contributed by atoms with Gasteiger partial charge in [-0.1, -0.05) is 13.3 Å². The lowest BCUT2D eigenvalue weighted by molar-refractivity contribution is -0.122. The zero-order chi connectivity index (χ0) is 18.1. The zero-order valence-electron chi connectivity index (χ0n) is 15.2. The average Bonchev–Trinajstić information content (AvgIpc) is 2.53. The van der Waals surface area contributed by atoms with Gasteiger partial charge in [0.2, 0.25) is 5.91 Å². The fourth-order valence-electron chi connectivity index (χ4n) is 2.12. The van der Waals surface area contributed by atoms with E-state index in [9.17, 15) is 9.59 Å². The maximum atomic E-state index is 12.5. The first-order chi connectivity index (χ1) is 11.4. The van der Waals surface area contributed by atoms with Crippen LogP contribution in [0.5, 0.6) is 11.5 Å². The Bertz CT molecular complexity index is 558. The molecule has 0 aliphatic heterocycles. The van der Waals surface area contributed by atoms with Crippen molar-refractivity contribution in [1.82, 2.24) is 10.2 Å². The van der Waals surface area contributed by atoms with E-state index in [1.807, 2.05) is 13.8 Å². The summed E-state index contributed by atoms with van der Waals surface area (Å²) in [5.41, 5.74) is 0.453. The number of hydrogen-bond acceptors (Lipinski definition) is 4. The van der Waals surface area contributed by atoms with E-state index >= 15 is 0 Å². The Hall–Kier alpha value is -2.24. The number of unbranched alkanes of at least 4 members (excludes halogenated alkanes) is 1. The largest absolute Gasteiger partial charge is 0.493 e. The van der Waals surface area contributed by atoms with Crippen molar-refractivity contribution in [3.8, 4) is 11.5 Å². The molecule has 0 saturated carbocycles. The quantitative estimate of drug-likeness (QED) is 0.704. The molecule has 0 aromatic heterocycles. The Morgan fingerprint density at radius 2 is 1.96 bits per heavy atom. The highest BCUT2D eigenvalue weighted by Gasteiger charge is 2.17. The number of carbonyl (C=O) groups excluding carboxylic acids is 2. The molecule has 0 radical (unpaired) electrons. The second-order valence-corrected chi connectivity index (χ2v) is 5.95. The molecule has 0 bridgehead atoms. The first-order valence-corrected chi connectivity index (χ1v) is 8.24. The maximum Gasteiger partial charge on any atom is 0.254 e. The number of ether oxygens (including phenoxy) is 2. The summed E-state index contributed by atoms with van der Waals surface area (Å²) in [4.78, 5) is 25.6. The molecule has 1 N–H and O–H groups in total. The molecule has 0 saturated heterocycles. The molecule has 6 heteroatoms. The molecule has 6 nitrogen and oxygen atoms in total. The van der Waals surface area contributed by atoms with E-state index in [1.165, 1.54) is 12.0 Å². The number of nitrogens with one attached hydrogen (secondary N) is 1. The van der Waals surface area contributed by atoms with Gasteiger partial charge in [0.05, 0.1) is 20.3 Å². The predicted octanol–water partition coefficient (Wildman–Crippen LogP) is 2.47. The van der Waals surface area contributed by atoms with Crippen LogP contribution in [0.4, 0.5) is 0 Å². The molecule has 0 aliphatic carbocycles. The normalized spacial score (nSPS) is 10.4. The summed E-state index contributed by atoms with van der Waals surface area (Å²) in [5.74, 6) is 0.694. The standard InChI is InChI=1S/C18H28N2O4/c1-6-7-10-24-15-9-8-14(11-16(15)23-5)18(22)20(4)12-17(21)19-13(2)3/h8-9,11,13H,6-7,10,12H2,1-5H3,(H,19,21). The summed E-state index contributed by atoms with van der Waals surface area (Å²) < 4.78 is 11.0. The van der Waals surface area contributed by atoms with Gasteiger partial charge in [0, 0.05) is 18.7 Å². The summed E-state index contributed by atoms with van der Waals surface area (Å²) >= 11 is 0. The monoisotopic (exact) mass is 336 g/mol. The molecule has 0 aliphatic rings. The fourth-order valence-corrected chi connectivity index (χ4v) is 2.12. The maximum absolute atomic E-state index is 12.5. The molecule has 24 heavy (non-hydrogen) atoms. The fraction of sp³-hybridized carbons (Fsp3) is 0.556. The van der Waals surface area contributed by atoms with E-state index in [0.29, 0.717) is 23.7 Å². The number of carbonyl (C=O) groups is 2. The first kappa shape index (κ1) is 19.8. The average molecular weight is 336 g/mol. The Balaban J connectivity index is 2.77. The number of methoxy groups -OCH3 is 1. The molecule has 1 rings (SSSR count). The van der Waals surface area contributed by atoms with Gasteiger partial charge in [0.15, 0.2) is 11.5 Å². The van der Waals surface area contributed by atoms with E-state index in [0.717, 1.165) is 12.8 Å². The molecule has 0 atom stereocenters. The van der Waals surface area contributed by atoms with Crippen molar-refractivity contribution in [2.24, 2.45) is 0 Å². The lowest BCUT2D eigenvalue weighted by atomic mass is 10.1. The van der Waals surface area contributed by atoms with Crippen LogP contribution in [0.3, 0.4) is 0 Å². The van der Waals surface area contributed by atoms with Crippen molar-refractivity contribution in [2.75, 3.05) is 27.3 Å². The van der Waals surface area contributed by atoms with Crippen LogP contribution < -0.4 is 14.8 Å². The predicted molar refractivity (Wildman–Crippen MR) is 93.6 cm³/mol. The van der Waals surface area contributed by atoms with Crippen molar-refractivity contribution in [3.63, 3.8) is 0 Å². The van der Waals surface area contributed by atoms with Crippen LogP contribution in [-0.4, -0.2) is 50.1 Å². The minimum absolute atomic E-state index is 0.00802. The van der Waals surface area contributed by atoms with Crippen LogP contribution in [0.25, 0.3) is 0 Å². The van der Waals surface area contributed by atoms with Crippen molar-refractivity contribution in [3.05, 3.63) is 23.8 Å². The summed E-state index contributed by atoms with van der Waals surface area (Å²) in [6, 6.07) is 5.09. The van der Waals surface area contributed by atoms with Gasteiger partial charge in [0.25, 0.3) is 5.91 Å². The van der Waals surface area contributed by atoms with E-state index in [4.69, 9.17) is 9.47 Å². The molecule has 134 valence electrons. The number of likely N-dealkylation sites (N-methyl/N-ethyl adjacent to an activating group) is 1. The number of hydrogen-bond donors (Lipinski definition) is 1. The molecule has 1 aromatic carbocycles. The van der Waals surface area contributed by atoms with Gasteiger partial charge in [-0.25, -0.2) is 0 Å². The van der Waals surface area contributed by atoms with Gasteiger partial charge in [-0.2, -0.15) is 0 Å². The molecule has 1 aromatic rings. The van der Waals surface area contributed by atoms with Crippen LogP contribution in [0.15, 0.2) is 18.2 Å². The molecule has 0 heterocycles. The van der Waals surface area contributed by atoms with Crippen molar-refractivity contribution in [2.45, 2.75) is 39.7 Å². The van der Waals surface area contributed by atoms with Gasteiger partial charge in [0.1, 0.15) is 0 Å². The molecular formula is C18H28N2O4. The zero-order valence-corrected chi connectivity index (χ0v) is 15.2. The van der Waals surface area contributed by atoms with Crippen molar-refractivity contribution < 1.29 is 19.1 Å².